The molecule has 0 unspecified atom stereocenters. The van der Waals surface area contributed by atoms with Crippen LogP contribution in [-0.2, 0) is 4.79 Å². The standard InChI is InChI=1S/C19H20FN5OS/c1-13-8-10-24(11-9-13)18(26)12-27-17-7-6-16-21-22-19(25(16)23-17)14-2-4-15(20)5-3-14/h2-7,13H,8-12H2,1H3. The lowest BCUT2D eigenvalue weighted by molar-refractivity contribution is -0.129. The second-order valence-electron chi connectivity index (χ2n) is 6.82. The maximum Gasteiger partial charge on any atom is 0.232 e. The molecular formula is C19H20FN5OS. The van der Waals surface area contributed by atoms with Crippen LogP contribution in [0.3, 0.4) is 0 Å². The van der Waals surface area contributed by atoms with Crippen LogP contribution in [0.2, 0.25) is 0 Å². The molecule has 6 nitrogen and oxygen atoms in total. The van der Waals surface area contributed by atoms with Gasteiger partial charge in [-0.2, -0.15) is 9.61 Å². The Morgan fingerprint density at radius 2 is 1.89 bits per heavy atom. The van der Waals surface area contributed by atoms with E-state index in [0.717, 1.165) is 36.5 Å². The van der Waals surface area contributed by atoms with Gasteiger partial charge in [0.25, 0.3) is 0 Å². The van der Waals surface area contributed by atoms with Crippen molar-refractivity contribution in [3.05, 3.63) is 42.2 Å². The van der Waals surface area contributed by atoms with Crippen molar-refractivity contribution in [2.24, 2.45) is 5.92 Å². The monoisotopic (exact) mass is 385 g/mol. The number of halogens is 1. The third-order valence-corrected chi connectivity index (χ3v) is 5.73. The number of rotatable bonds is 4. The predicted molar refractivity (Wildman–Crippen MR) is 102 cm³/mol. The lowest BCUT2D eigenvalue weighted by atomic mass is 9.99. The van der Waals surface area contributed by atoms with E-state index in [1.807, 2.05) is 17.0 Å². The van der Waals surface area contributed by atoms with Crippen molar-refractivity contribution in [2.45, 2.75) is 24.8 Å². The van der Waals surface area contributed by atoms with Crippen LogP contribution in [0.15, 0.2) is 41.4 Å². The first-order chi connectivity index (χ1) is 13.1. The summed E-state index contributed by atoms with van der Waals surface area (Å²) in [5, 5.41) is 13.5. The van der Waals surface area contributed by atoms with Gasteiger partial charge in [0, 0.05) is 18.7 Å². The summed E-state index contributed by atoms with van der Waals surface area (Å²) < 4.78 is 14.8. The molecule has 1 aliphatic rings. The maximum atomic E-state index is 13.2. The lowest BCUT2D eigenvalue weighted by Crippen LogP contribution is -2.38. The molecule has 0 spiro atoms. The van der Waals surface area contributed by atoms with E-state index in [1.54, 1.807) is 16.6 Å². The van der Waals surface area contributed by atoms with Gasteiger partial charge < -0.3 is 4.90 Å². The second kappa shape index (κ2) is 7.64. The van der Waals surface area contributed by atoms with Gasteiger partial charge in [-0.3, -0.25) is 4.79 Å². The molecular weight excluding hydrogens is 365 g/mol. The van der Waals surface area contributed by atoms with Gasteiger partial charge in [0.2, 0.25) is 5.91 Å². The molecule has 0 N–H and O–H groups in total. The van der Waals surface area contributed by atoms with E-state index < -0.39 is 0 Å². The minimum absolute atomic E-state index is 0.149. The molecule has 27 heavy (non-hydrogen) atoms. The minimum Gasteiger partial charge on any atom is -0.342 e. The van der Waals surface area contributed by atoms with Crippen molar-refractivity contribution in [3.8, 4) is 11.4 Å². The van der Waals surface area contributed by atoms with Crippen LogP contribution in [0, 0.1) is 11.7 Å². The van der Waals surface area contributed by atoms with Crippen LogP contribution < -0.4 is 0 Å². The van der Waals surface area contributed by atoms with Crippen molar-refractivity contribution in [1.29, 1.82) is 0 Å². The second-order valence-corrected chi connectivity index (χ2v) is 7.82. The maximum absolute atomic E-state index is 13.2. The molecule has 2 aromatic heterocycles. The van der Waals surface area contributed by atoms with Crippen LogP contribution in [0.1, 0.15) is 19.8 Å². The molecule has 0 aliphatic carbocycles. The Bertz CT molecular complexity index is 950. The zero-order valence-corrected chi connectivity index (χ0v) is 15.8. The summed E-state index contributed by atoms with van der Waals surface area (Å²) in [6.07, 6.45) is 2.14. The number of likely N-dealkylation sites (tertiary alicyclic amines) is 1. The number of thioether (sulfide) groups is 1. The molecule has 8 heteroatoms. The van der Waals surface area contributed by atoms with E-state index in [4.69, 9.17) is 0 Å². The fourth-order valence-electron chi connectivity index (χ4n) is 3.11. The van der Waals surface area contributed by atoms with Gasteiger partial charge in [-0.1, -0.05) is 18.7 Å². The van der Waals surface area contributed by atoms with Crippen LogP contribution in [0.5, 0.6) is 0 Å². The molecule has 140 valence electrons. The smallest absolute Gasteiger partial charge is 0.232 e. The highest BCUT2D eigenvalue weighted by Crippen LogP contribution is 2.22. The number of piperidine rings is 1. The molecule has 0 radical (unpaired) electrons. The Hall–Kier alpha value is -2.48. The van der Waals surface area contributed by atoms with Gasteiger partial charge in [0.05, 0.1) is 5.75 Å². The van der Waals surface area contributed by atoms with Crippen molar-refractivity contribution in [3.63, 3.8) is 0 Å². The summed E-state index contributed by atoms with van der Waals surface area (Å²) >= 11 is 1.41. The Balaban J connectivity index is 1.49. The first kappa shape index (κ1) is 17.9. The number of hydrogen-bond acceptors (Lipinski definition) is 5. The molecule has 1 fully saturated rings. The number of aromatic nitrogens is 4. The zero-order chi connectivity index (χ0) is 18.8. The fourth-order valence-corrected chi connectivity index (χ4v) is 3.87. The molecule has 1 aliphatic heterocycles. The third-order valence-electron chi connectivity index (χ3n) is 4.82. The van der Waals surface area contributed by atoms with Gasteiger partial charge in [-0.25, -0.2) is 4.39 Å². The Kier molecular flexibility index (Phi) is 5.07. The largest absolute Gasteiger partial charge is 0.342 e. The highest BCUT2D eigenvalue weighted by Gasteiger charge is 2.20. The van der Waals surface area contributed by atoms with Gasteiger partial charge in [-0.05, 0) is 55.2 Å². The normalized spacial score (nSPS) is 15.4. The lowest BCUT2D eigenvalue weighted by Gasteiger charge is -2.30. The summed E-state index contributed by atoms with van der Waals surface area (Å²) in [7, 11) is 0. The van der Waals surface area contributed by atoms with Crippen molar-refractivity contribution in [2.75, 3.05) is 18.8 Å². The first-order valence-corrected chi connectivity index (χ1v) is 9.98. The number of nitrogens with zero attached hydrogens (tertiary/aromatic N) is 5. The number of benzene rings is 1. The van der Waals surface area contributed by atoms with Gasteiger partial charge in [0.15, 0.2) is 11.5 Å². The SMILES string of the molecule is CC1CCN(C(=O)CSc2ccc3nnc(-c4ccc(F)cc4)n3n2)CC1. The Morgan fingerprint density at radius 3 is 2.63 bits per heavy atom. The molecule has 1 amide bonds. The Labute approximate surface area is 160 Å². The fraction of sp³-hybridized carbons (Fsp3) is 0.368. The molecule has 3 aromatic rings. The van der Waals surface area contributed by atoms with E-state index in [0.29, 0.717) is 23.1 Å². The number of hydrogen-bond donors (Lipinski definition) is 0. The van der Waals surface area contributed by atoms with E-state index in [9.17, 15) is 9.18 Å². The summed E-state index contributed by atoms with van der Waals surface area (Å²) in [6, 6.07) is 9.72. The van der Waals surface area contributed by atoms with E-state index >= 15 is 0 Å². The van der Waals surface area contributed by atoms with Gasteiger partial charge in [-0.15, -0.1) is 10.2 Å². The molecule has 0 saturated carbocycles. The molecule has 0 bridgehead atoms. The van der Waals surface area contributed by atoms with Crippen molar-refractivity contribution < 1.29 is 9.18 Å². The van der Waals surface area contributed by atoms with E-state index in [2.05, 4.69) is 22.2 Å². The number of carbonyl (C=O) groups excluding carboxylic acids is 1. The quantitative estimate of drug-likeness (QED) is 0.645. The highest BCUT2D eigenvalue weighted by atomic mass is 32.2. The van der Waals surface area contributed by atoms with Crippen LogP contribution >= 0.6 is 11.8 Å². The van der Waals surface area contributed by atoms with E-state index in [1.165, 1.54) is 23.9 Å². The first-order valence-electron chi connectivity index (χ1n) is 8.99. The van der Waals surface area contributed by atoms with E-state index in [-0.39, 0.29) is 11.7 Å². The minimum atomic E-state index is -0.303. The van der Waals surface area contributed by atoms with Crippen molar-refractivity contribution in [1.82, 2.24) is 24.7 Å². The molecule has 0 atom stereocenters. The summed E-state index contributed by atoms with van der Waals surface area (Å²) in [6.45, 7) is 3.91. The summed E-state index contributed by atoms with van der Waals surface area (Å²) in [4.78, 5) is 14.4. The number of fused-ring (bicyclic) bond motifs is 1. The molecule has 4 rings (SSSR count). The molecule has 1 aromatic carbocycles. The number of amides is 1. The van der Waals surface area contributed by atoms with Gasteiger partial charge >= 0.3 is 0 Å². The van der Waals surface area contributed by atoms with Crippen LogP contribution in [0.4, 0.5) is 4.39 Å². The van der Waals surface area contributed by atoms with Crippen molar-refractivity contribution >= 4 is 23.3 Å². The zero-order valence-electron chi connectivity index (χ0n) is 15.0. The predicted octanol–water partition coefficient (Wildman–Crippen LogP) is 3.28. The average molecular weight is 385 g/mol. The number of carbonyl (C=O) groups is 1. The molecule has 3 heterocycles. The molecule has 1 saturated heterocycles. The third kappa shape index (κ3) is 3.95. The highest BCUT2D eigenvalue weighted by molar-refractivity contribution is 7.99. The Morgan fingerprint density at radius 1 is 1.15 bits per heavy atom. The van der Waals surface area contributed by atoms with Crippen LogP contribution in [-0.4, -0.2) is 49.5 Å². The van der Waals surface area contributed by atoms with Crippen LogP contribution in [0.25, 0.3) is 17.0 Å². The van der Waals surface area contributed by atoms with Gasteiger partial charge in [0.1, 0.15) is 10.8 Å². The summed E-state index contributed by atoms with van der Waals surface area (Å²) in [5.74, 6) is 1.45. The average Bonchev–Trinajstić information content (AvgIpc) is 3.10. The summed E-state index contributed by atoms with van der Waals surface area (Å²) in [5.41, 5.74) is 1.34. The topological polar surface area (TPSA) is 63.4 Å².